The third-order valence-electron chi connectivity index (χ3n) is 4.82. The summed E-state index contributed by atoms with van der Waals surface area (Å²) in [5, 5.41) is 0. The molecule has 0 radical (unpaired) electrons. The molecule has 0 amide bonds. The minimum absolute atomic E-state index is 0.0809. The van der Waals surface area contributed by atoms with Crippen molar-refractivity contribution < 1.29 is 13.0 Å². The van der Waals surface area contributed by atoms with Gasteiger partial charge in [0.2, 0.25) is 0 Å². The second-order valence-corrected chi connectivity index (χ2v) is 7.90. The molecule has 3 rings (SSSR count). The van der Waals surface area contributed by atoms with E-state index in [1.807, 2.05) is 0 Å². The predicted molar refractivity (Wildman–Crippen MR) is 95.7 cm³/mol. The standard InChI is InChI=1S/C19H23NO3S/c1-15-3-2-13-20(15)14-12-16-4-6-17(7-5-16)18-8-10-19(11-9-18)24(21,22)23/h4-11,15H,2-3,12-14H2,1H3,(H,21,22,23)/t15-/m1/s1. The Morgan fingerprint density at radius 1 is 1.04 bits per heavy atom. The van der Waals surface area contributed by atoms with E-state index < -0.39 is 10.1 Å². The summed E-state index contributed by atoms with van der Waals surface area (Å²) >= 11 is 0. The smallest absolute Gasteiger partial charge is 0.294 e. The lowest BCUT2D eigenvalue weighted by Gasteiger charge is -2.20. The molecule has 1 N–H and O–H groups in total. The van der Waals surface area contributed by atoms with Crippen molar-refractivity contribution in [1.29, 1.82) is 0 Å². The maximum atomic E-state index is 11.1. The van der Waals surface area contributed by atoms with Crippen LogP contribution in [0.2, 0.25) is 0 Å². The number of rotatable bonds is 5. The van der Waals surface area contributed by atoms with Gasteiger partial charge in [-0.2, -0.15) is 8.42 Å². The van der Waals surface area contributed by atoms with Crippen molar-refractivity contribution in [3.05, 3.63) is 54.1 Å². The Morgan fingerprint density at radius 3 is 2.12 bits per heavy atom. The zero-order valence-electron chi connectivity index (χ0n) is 13.9. The van der Waals surface area contributed by atoms with Crippen molar-refractivity contribution >= 4 is 10.1 Å². The Balaban J connectivity index is 1.65. The molecule has 0 spiro atoms. The van der Waals surface area contributed by atoms with E-state index in [0.717, 1.165) is 24.1 Å². The third-order valence-corrected chi connectivity index (χ3v) is 5.69. The second-order valence-electron chi connectivity index (χ2n) is 6.47. The van der Waals surface area contributed by atoms with Crippen LogP contribution in [0.1, 0.15) is 25.3 Å². The van der Waals surface area contributed by atoms with Crippen LogP contribution in [-0.2, 0) is 16.5 Å². The van der Waals surface area contributed by atoms with Gasteiger partial charge in [-0.25, -0.2) is 0 Å². The summed E-state index contributed by atoms with van der Waals surface area (Å²) in [7, 11) is -4.13. The first kappa shape index (κ1) is 17.1. The average Bonchev–Trinajstić information content (AvgIpc) is 2.98. The van der Waals surface area contributed by atoms with Crippen LogP contribution < -0.4 is 0 Å². The van der Waals surface area contributed by atoms with E-state index >= 15 is 0 Å². The second kappa shape index (κ2) is 7.05. The molecule has 1 aliphatic heterocycles. The molecule has 128 valence electrons. The van der Waals surface area contributed by atoms with E-state index in [1.54, 1.807) is 12.1 Å². The van der Waals surface area contributed by atoms with Crippen LogP contribution in [0.25, 0.3) is 11.1 Å². The fraction of sp³-hybridized carbons (Fsp3) is 0.368. The summed E-state index contributed by atoms with van der Waals surface area (Å²) in [5.41, 5.74) is 3.28. The van der Waals surface area contributed by atoms with E-state index in [9.17, 15) is 8.42 Å². The van der Waals surface area contributed by atoms with E-state index in [2.05, 4.69) is 36.1 Å². The number of benzene rings is 2. The zero-order valence-corrected chi connectivity index (χ0v) is 14.7. The van der Waals surface area contributed by atoms with Crippen LogP contribution in [0.15, 0.2) is 53.4 Å². The summed E-state index contributed by atoms with van der Waals surface area (Å²) in [5.74, 6) is 0. The first-order valence-electron chi connectivity index (χ1n) is 8.34. The number of hydrogen-bond donors (Lipinski definition) is 1. The summed E-state index contributed by atoms with van der Waals surface area (Å²) in [6.07, 6.45) is 3.66. The number of nitrogens with zero attached hydrogens (tertiary/aromatic N) is 1. The lowest BCUT2D eigenvalue weighted by molar-refractivity contribution is 0.272. The van der Waals surface area contributed by atoms with Crippen LogP contribution in [-0.4, -0.2) is 37.0 Å². The number of likely N-dealkylation sites (tertiary alicyclic amines) is 1. The van der Waals surface area contributed by atoms with E-state index in [1.165, 1.54) is 37.1 Å². The van der Waals surface area contributed by atoms with Crippen LogP contribution in [0.5, 0.6) is 0 Å². The molecule has 0 saturated carbocycles. The van der Waals surface area contributed by atoms with Crippen LogP contribution >= 0.6 is 0 Å². The number of hydrogen-bond acceptors (Lipinski definition) is 3. The van der Waals surface area contributed by atoms with E-state index in [0.29, 0.717) is 6.04 Å². The molecule has 4 nitrogen and oxygen atoms in total. The van der Waals surface area contributed by atoms with Crippen molar-refractivity contribution in [3.8, 4) is 11.1 Å². The van der Waals surface area contributed by atoms with Crippen molar-refractivity contribution in [3.63, 3.8) is 0 Å². The highest BCUT2D eigenvalue weighted by molar-refractivity contribution is 7.85. The fourth-order valence-corrected chi connectivity index (χ4v) is 3.76. The molecule has 1 atom stereocenters. The molecule has 2 aromatic carbocycles. The van der Waals surface area contributed by atoms with Crippen LogP contribution in [0.4, 0.5) is 0 Å². The molecule has 1 saturated heterocycles. The van der Waals surface area contributed by atoms with Gasteiger partial charge in [-0.3, -0.25) is 4.55 Å². The molecule has 0 unspecified atom stereocenters. The Morgan fingerprint density at radius 2 is 1.62 bits per heavy atom. The molecule has 1 aliphatic rings. The molecule has 1 heterocycles. The summed E-state index contributed by atoms with van der Waals surface area (Å²) in [6.45, 7) is 4.61. The van der Waals surface area contributed by atoms with Gasteiger partial charge in [0.1, 0.15) is 0 Å². The minimum atomic E-state index is -4.13. The Bertz CT molecular complexity index is 782. The van der Waals surface area contributed by atoms with Crippen molar-refractivity contribution in [1.82, 2.24) is 4.90 Å². The van der Waals surface area contributed by atoms with Crippen molar-refractivity contribution in [2.75, 3.05) is 13.1 Å². The fourth-order valence-electron chi connectivity index (χ4n) is 3.28. The lowest BCUT2D eigenvalue weighted by Crippen LogP contribution is -2.28. The Kier molecular flexibility index (Phi) is 5.04. The molecular weight excluding hydrogens is 322 g/mol. The van der Waals surface area contributed by atoms with Gasteiger partial charge < -0.3 is 4.90 Å². The van der Waals surface area contributed by atoms with Gasteiger partial charge in [0.25, 0.3) is 10.1 Å². The predicted octanol–water partition coefficient (Wildman–Crippen LogP) is 3.63. The highest BCUT2D eigenvalue weighted by Crippen LogP contribution is 2.22. The first-order valence-corrected chi connectivity index (χ1v) is 9.78. The SMILES string of the molecule is C[C@@H]1CCCN1CCc1ccc(-c2ccc(S(=O)(=O)O)cc2)cc1. The normalized spacial score (nSPS) is 18.8. The summed E-state index contributed by atoms with van der Waals surface area (Å²) in [6, 6.07) is 15.4. The molecule has 24 heavy (non-hydrogen) atoms. The highest BCUT2D eigenvalue weighted by atomic mass is 32.2. The Labute approximate surface area is 143 Å². The largest absolute Gasteiger partial charge is 0.300 e. The monoisotopic (exact) mass is 345 g/mol. The minimum Gasteiger partial charge on any atom is -0.300 e. The van der Waals surface area contributed by atoms with Crippen LogP contribution in [0.3, 0.4) is 0 Å². The van der Waals surface area contributed by atoms with Gasteiger partial charge in [0.05, 0.1) is 4.90 Å². The molecule has 0 aromatic heterocycles. The third kappa shape index (κ3) is 4.04. The van der Waals surface area contributed by atoms with Gasteiger partial charge in [-0.05, 0) is 61.6 Å². The summed E-state index contributed by atoms with van der Waals surface area (Å²) < 4.78 is 31.2. The van der Waals surface area contributed by atoms with Gasteiger partial charge in [-0.1, -0.05) is 36.4 Å². The van der Waals surface area contributed by atoms with Crippen molar-refractivity contribution in [2.24, 2.45) is 0 Å². The van der Waals surface area contributed by atoms with Gasteiger partial charge in [-0.15, -0.1) is 0 Å². The first-order chi connectivity index (χ1) is 11.4. The van der Waals surface area contributed by atoms with Crippen LogP contribution in [0, 0.1) is 0 Å². The van der Waals surface area contributed by atoms with E-state index in [-0.39, 0.29) is 4.90 Å². The lowest BCUT2D eigenvalue weighted by atomic mass is 10.0. The molecule has 5 heteroatoms. The highest BCUT2D eigenvalue weighted by Gasteiger charge is 2.19. The van der Waals surface area contributed by atoms with Gasteiger partial charge in [0, 0.05) is 12.6 Å². The molecule has 1 fully saturated rings. The molecular formula is C19H23NO3S. The molecule has 0 bridgehead atoms. The molecule has 0 aliphatic carbocycles. The summed E-state index contributed by atoms with van der Waals surface area (Å²) in [4.78, 5) is 2.46. The average molecular weight is 345 g/mol. The quantitative estimate of drug-likeness (QED) is 0.841. The maximum Gasteiger partial charge on any atom is 0.294 e. The van der Waals surface area contributed by atoms with E-state index in [4.69, 9.17) is 4.55 Å². The maximum absolute atomic E-state index is 11.1. The van der Waals surface area contributed by atoms with Crippen molar-refractivity contribution in [2.45, 2.75) is 37.1 Å². The topological polar surface area (TPSA) is 57.6 Å². The van der Waals surface area contributed by atoms with Gasteiger partial charge in [0.15, 0.2) is 0 Å². The zero-order chi connectivity index (χ0) is 17.2. The Hall–Kier alpha value is -1.69. The van der Waals surface area contributed by atoms with Gasteiger partial charge >= 0.3 is 0 Å². The molecule has 2 aromatic rings.